The van der Waals surface area contributed by atoms with E-state index in [1.165, 1.54) is 0 Å². The second-order valence-corrected chi connectivity index (χ2v) is 3.96. The Labute approximate surface area is 91.8 Å². The summed E-state index contributed by atoms with van der Waals surface area (Å²) in [7, 11) is 0. The molecule has 0 saturated carbocycles. The standard InChI is InChI=1S/C11H22N2O2/c1-2-3-4-5-11(14)13-9-10-8-12-6-7-15-10/h10,12H,2-9H2,1H3,(H,13,14). The third kappa shape index (κ3) is 5.74. The minimum Gasteiger partial charge on any atom is -0.374 e. The van der Waals surface area contributed by atoms with E-state index in [2.05, 4.69) is 17.6 Å². The molecule has 1 atom stereocenters. The van der Waals surface area contributed by atoms with Gasteiger partial charge in [0.25, 0.3) is 0 Å². The van der Waals surface area contributed by atoms with E-state index in [1.54, 1.807) is 0 Å². The van der Waals surface area contributed by atoms with Crippen LogP contribution in [-0.4, -0.2) is 38.3 Å². The Morgan fingerprint density at radius 1 is 1.53 bits per heavy atom. The molecule has 1 saturated heterocycles. The van der Waals surface area contributed by atoms with Crippen molar-refractivity contribution < 1.29 is 9.53 Å². The van der Waals surface area contributed by atoms with Gasteiger partial charge in [-0.2, -0.15) is 0 Å². The molecule has 1 amide bonds. The fourth-order valence-electron chi connectivity index (χ4n) is 1.60. The van der Waals surface area contributed by atoms with E-state index < -0.39 is 0 Å². The highest BCUT2D eigenvalue weighted by atomic mass is 16.5. The number of carbonyl (C=O) groups is 1. The highest BCUT2D eigenvalue weighted by Crippen LogP contribution is 1.99. The lowest BCUT2D eigenvalue weighted by Crippen LogP contribution is -2.45. The second-order valence-electron chi connectivity index (χ2n) is 3.96. The molecule has 88 valence electrons. The summed E-state index contributed by atoms with van der Waals surface area (Å²) in [5.41, 5.74) is 0. The van der Waals surface area contributed by atoms with Crippen molar-refractivity contribution in [3.8, 4) is 0 Å². The van der Waals surface area contributed by atoms with Gasteiger partial charge in [0.1, 0.15) is 0 Å². The van der Waals surface area contributed by atoms with Gasteiger partial charge in [0, 0.05) is 26.1 Å². The molecule has 0 aliphatic carbocycles. The van der Waals surface area contributed by atoms with Crippen LogP contribution < -0.4 is 10.6 Å². The number of amides is 1. The predicted octanol–water partition coefficient (Wildman–Crippen LogP) is 0.671. The minimum atomic E-state index is 0.147. The molecule has 0 aromatic rings. The molecule has 1 fully saturated rings. The number of nitrogens with one attached hydrogen (secondary N) is 2. The summed E-state index contributed by atoms with van der Waals surface area (Å²) in [6.07, 6.45) is 4.08. The number of unbranched alkanes of at least 4 members (excludes halogenated alkanes) is 2. The molecule has 1 rings (SSSR count). The molecular weight excluding hydrogens is 192 g/mol. The van der Waals surface area contributed by atoms with Crippen molar-refractivity contribution in [2.75, 3.05) is 26.2 Å². The van der Waals surface area contributed by atoms with Crippen molar-refractivity contribution in [2.45, 2.75) is 38.7 Å². The molecule has 4 nitrogen and oxygen atoms in total. The highest BCUT2D eigenvalue weighted by Gasteiger charge is 2.13. The van der Waals surface area contributed by atoms with Crippen LogP contribution in [-0.2, 0) is 9.53 Å². The van der Waals surface area contributed by atoms with Gasteiger partial charge in [-0.1, -0.05) is 19.8 Å². The first-order chi connectivity index (χ1) is 7.33. The van der Waals surface area contributed by atoms with Crippen LogP contribution in [0.2, 0.25) is 0 Å². The summed E-state index contributed by atoms with van der Waals surface area (Å²) in [5, 5.41) is 6.14. The molecule has 4 heteroatoms. The first kappa shape index (κ1) is 12.5. The van der Waals surface area contributed by atoms with Crippen LogP contribution in [0.5, 0.6) is 0 Å². The van der Waals surface area contributed by atoms with Crippen molar-refractivity contribution >= 4 is 5.91 Å². The van der Waals surface area contributed by atoms with E-state index >= 15 is 0 Å². The lowest BCUT2D eigenvalue weighted by Gasteiger charge is -2.23. The van der Waals surface area contributed by atoms with Crippen LogP contribution in [0.4, 0.5) is 0 Å². The third-order valence-electron chi connectivity index (χ3n) is 2.54. The molecule has 0 radical (unpaired) electrons. The van der Waals surface area contributed by atoms with E-state index in [1.807, 2.05) is 0 Å². The number of rotatable bonds is 6. The number of hydrogen-bond donors (Lipinski definition) is 2. The average Bonchev–Trinajstić information content (AvgIpc) is 2.28. The van der Waals surface area contributed by atoms with Crippen LogP contribution in [0.3, 0.4) is 0 Å². The second kappa shape index (κ2) is 7.65. The zero-order valence-electron chi connectivity index (χ0n) is 9.55. The maximum absolute atomic E-state index is 11.4. The summed E-state index contributed by atoms with van der Waals surface area (Å²) >= 11 is 0. The van der Waals surface area contributed by atoms with Gasteiger partial charge in [0.2, 0.25) is 5.91 Å². The molecule has 0 aromatic carbocycles. The third-order valence-corrected chi connectivity index (χ3v) is 2.54. The van der Waals surface area contributed by atoms with E-state index in [0.717, 1.165) is 39.0 Å². The zero-order valence-corrected chi connectivity index (χ0v) is 9.55. The lowest BCUT2D eigenvalue weighted by molar-refractivity contribution is -0.122. The molecular formula is C11H22N2O2. The molecule has 15 heavy (non-hydrogen) atoms. The Bertz CT molecular complexity index is 179. The summed E-state index contributed by atoms with van der Waals surface area (Å²) in [6, 6.07) is 0. The van der Waals surface area contributed by atoms with Gasteiger partial charge in [-0.3, -0.25) is 4.79 Å². The molecule has 1 aliphatic rings. The van der Waals surface area contributed by atoms with Crippen molar-refractivity contribution in [1.82, 2.24) is 10.6 Å². The normalized spacial score (nSPS) is 21.3. The van der Waals surface area contributed by atoms with Crippen LogP contribution in [0, 0.1) is 0 Å². The van der Waals surface area contributed by atoms with Crippen molar-refractivity contribution in [3.63, 3.8) is 0 Å². The summed E-state index contributed by atoms with van der Waals surface area (Å²) in [6.45, 7) is 5.28. The summed E-state index contributed by atoms with van der Waals surface area (Å²) < 4.78 is 5.48. The predicted molar refractivity (Wildman–Crippen MR) is 59.8 cm³/mol. The SMILES string of the molecule is CCCCCC(=O)NCC1CNCCO1. The molecule has 0 spiro atoms. The highest BCUT2D eigenvalue weighted by molar-refractivity contribution is 5.75. The molecule has 0 aromatic heterocycles. The van der Waals surface area contributed by atoms with Gasteiger partial charge in [-0.05, 0) is 6.42 Å². The van der Waals surface area contributed by atoms with Gasteiger partial charge in [-0.15, -0.1) is 0 Å². The number of morpholine rings is 1. The molecule has 0 bridgehead atoms. The van der Waals surface area contributed by atoms with Crippen LogP contribution in [0.1, 0.15) is 32.6 Å². The maximum atomic E-state index is 11.4. The summed E-state index contributed by atoms with van der Waals surface area (Å²) in [5.74, 6) is 0.151. The number of carbonyl (C=O) groups excluding carboxylic acids is 1. The Morgan fingerprint density at radius 3 is 3.07 bits per heavy atom. The van der Waals surface area contributed by atoms with Gasteiger partial charge >= 0.3 is 0 Å². The van der Waals surface area contributed by atoms with Crippen molar-refractivity contribution in [2.24, 2.45) is 0 Å². The Balaban J connectivity index is 2.00. The zero-order chi connectivity index (χ0) is 10.9. The van der Waals surface area contributed by atoms with Gasteiger partial charge in [0.05, 0.1) is 12.7 Å². The van der Waals surface area contributed by atoms with Crippen LogP contribution >= 0.6 is 0 Å². The van der Waals surface area contributed by atoms with E-state index in [-0.39, 0.29) is 12.0 Å². The topological polar surface area (TPSA) is 50.4 Å². The minimum absolute atomic E-state index is 0.147. The lowest BCUT2D eigenvalue weighted by atomic mass is 10.2. The molecule has 1 heterocycles. The van der Waals surface area contributed by atoms with Gasteiger partial charge < -0.3 is 15.4 Å². The first-order valence-electron chi connectivity index (χ1n) is 5.92. The molecule has 1 aliphatic heterocycles. The van der Waals surface area contributed by atoms with E-state index in [4.69, 9.17) is 4.74 Å². The summed E-state index contributed by atoms with van der Waals surface area (Å²) in [4.78, 5) is 11.4. The van der Waals surface area contributed by atoms with Gasteiger partial charge in [0.15, 0.2) is 0 Å². The van der Waals surface area contributed by atoms with Crippen LogP contribution in [0.25, 0.3) is 0 Å². The Morgan fingerprint density at radius 2 is 2.40 bits per heavy atom. The Kier molecular flexibility index (Phi) is 6.36. The van der Waals surface area contributed by atoms with E-state index in [0.29, 0.717) is 13.0 Å². The largest absolute Gasteiger partial charge is 0.374 e. The smallest absolute Gasteiger partial charge is 0.220 e. The molecule has 2 N–H and O–H groups in total. The monoisotopic (exact) mass is 214 g/mol. The maximum Gasteiger partial charge on any atom is 0.220 e. The first-order valence-corrected chi connectivity index (χ1v) is 5.92. The fraction of sp³-hybridized carbons (Fsp3) is 0.909. The Hall–Kier alpha value is -0.610. The number of ether oxygens (including phenoxy) is 1. The van der Waals surface area contributed by atoms with Crippen molar-refractivity contribution in [3.05, 3.63) is 0 Å². The van der Waals surface area contributed by atoms with Crippen LogP contribution in [0.15, 0.2) is 0 Å². The quantitative estimate of drug-likeness (QED) is 0.639. The number of hydrogen-bond acceptors (Lipinski definition) is 3. The average molecular weight is 214 g/mol. The van der Waals surface area contributed by atoms with Gasteiger partial charge in [-0.25, -0.2) is 0 Å². The fourth-order valence-corrected chi connectivity index (χ4v) is 1.60. The molecule has 1 unspecified atom stereocenters. The van der Waals surface area contributed by atoms with E-state index in [9.17, 15) is 4.79 Å². The van der Waals surface area contributed by atoms with Crippen molar-refractivity contribution in [1.29, 1.82) is 0 Å².